The molecule has 0 atom stereocenters. The lowest BCUT2D eigenvalue weighted by molar-refractivity contribution is 0.143. The third kappa shape index (κ3) is 3.07. The van der Waals surface area contributed by atoms with Crippen LogP contribution >= 0.6 is 0 Å². The zero-order valence-corrected chi connectivity index (χ0v) is 13.6. The average Bonchev–Trinajstić information content (AvgIpc) is 2.32. The van der Waals surface area contributed by atoms with Crippen molar-refractivity contribution in [3.63, 3.8) is 0 Å². The van der Waals surface area contributed by atoms with E-state index in [2.05, 4.69) is 57.7 Å². The molecule has 1 aliphatic carbocycles. The zero-order chi connectivity index (χ0) is 15.2. The fraction of sp³-hybridized carbons (Fsp3) is 0.579. The van der Waals surface area contributed by atoms with Gasteiger partial charge in [0.2, 0.25) is 0 Å². The first kappa shape index (κ1) is 15.1. The highest BCUT2D eigenvalue weighted by Crippen LogP contribution is 2.45. The van der Waals surface area contributed by atoms with E-state index in [9.17, 15) is 5.11 Å². The van der Waals surface area contributed by atoms with Gasteiger partial charge in [-0.3, -0.25) is 0 Å². The van der Waals surface area contributed by atoms with Crippen LogP contribution < -0.4 is 0 Å². The van der Waals surface area contributed by atoms with Crippen LogP contribution in [0.1, 0.15) is 71.1 Å². The summed E-state index contributed by atoms with van der Waals surface area (Å²) >= 11 is 0. The Labute approximate surface area is 123 Å². The average molecular weight is 270 g/mol. The molecule has 1 aliphatic rings. The quantitative estimate of drug-likeness (QED) is 0.702. The molecule has 0 saturated carbocycles. The van der Waals surface area contributed by atoms with E-state index < -0.39 is 5.60 Å². The van der Waals surface area contributed by atoms with Gasteiger partial charge in [-0.05, 0) is 60.8 Å². The number of hydrogen-bond acceptors (Lipinski definition) is 1. The lowest BCUT2D eigenvalue weighted by Crippen LogP contribution is -2.33. The molecular weight excluding hydrogens is 244 g/mol. The van der Waals surface area contributed by atoms with Crippen molar-refractivity contribution in [1.82, 2.24) is 0 Å². The van der Waals surface area contributed by atoms with E-state index in [1.807, 2.05) is 0 Å². The number of aliphatic hydroxyl groups is 1. The molecule has 0 saturated heterocycles. The van der Waals surface area contributed by atoms with E-state index in [4.69, 9.17) is 0 Å². The molecular formula is C19H26O. The van der Waals surface area contributed by atoms with Gasteiger partial charge in [0, 0.05) is 5.56 Å². The van der Waals surface area contributed by atoms with Crippen molar-refractivity contribution in [2.45, 2.75) is 70.8 Å². The molecule has 0 amide bonds. The Bertz CT molecular complexity index is 574. The molecule has 0 radical (unpaired) electrons. The largest absolute Gasteiger partial charge is 0.378 e. The van der Waals surface area contributed by atoms with E-state index in [0.717, 1.165) is 5.56 Å². The van der Waals surface area contributed by atoms with Gasteiger partial charge in [0.1, 0.15) is 5.60 Å². The normalized spacial score (nSPS) is 19.8. The maximum absolute atomic E-state index is 9.73. The minimum atomic E-state index is -0.940. The molecule has 0 heterocycles. The van der Waals surface area contributed by atoms with Gasteiger partial charge in [-0.1, -0.05) is 45.6 Å². The third-order valence-electron chi connectivity index (χ3n) is 4.37. The van der Waals surface area contributed by atoms with Gasteiger partial charge in [0.15, 0.2) is 0 Å². The number of rotatable bonds is 0. The standard InChI is InChI=1S/C19H26O/c1-17(2)11-12-18(3,4)16-13-14(7-8-15(16)17)9-10-19(5,6)20/h7-8,13,20H,11-12H2,1-6H3. The van der Waals surface area contributed by atoms with Crippen LogP contribution in [0.3, 0.4) is 0 Å². The molecule has 1 N–H and O–H groups in total. The van der Waals surface area contributed by atoms with E-state index in [1.54, 1.807) is 13.8 Å². The molecule has 1 nitrogen and oxygen atoms in total. The number of benzene rings is 1. The van der Waals surface area contributed by atoms with E-state index in [-0.39, 0.29) is 10.8 Å². The third-order valence-corrected chi connectivity index (χ3v) is 4.37. The van der Waals surface area contributed by atoms with Crippen molar-refractivity contribution in [2.75, 3.05) is 0 Å². The summed E-state index contributed by atoms with van der Waals surface area (Å²) in [6.45, 7) is 12.7. The summed E-state index contributed by atoms with van der Waals surface area (Å²) in [5.74, 6) is 6.00. The second kappa shape index (κ2) is 4.64. The first-order valence-electron chi connectivity index (χ1n) is 7.42. The Hall–Kier alpha value is -1.26. The molecule has 0 aromatic heterocycles. The monoisotopic (exact) mass is 270 g/mol. The summed E-state index contributed by atoms with van der Waals surface area (Å²) < 4.78 is 0. The predicted octanol–water partition coefficient (Wildman–Crippen LogP) is 4.16. The van der Waals surface area contributed by atoms with Gasteiger partial charge in [-0.15, -0.1) is 0 Å². The summed E-state index contributed by atoms with van der Waals surface area (Å²) in [5.41, 5.74) is 3.37. The topological polar surface area (TPSA) is 20.2 Å². The lowest BCUT2D eigenvalue weighted by Gasteiger charge is -2.41. The molecule has 20 heavy (non-hydrogen) atoms. The molecule has 1 aromatic rings. The van der Waals surface area contributed by atoms with Crippen LogP contribution in [-0.2, 0) is 10.8 Å². The van der Waals surface area contributed by atoms with Gasteiger partial charge < -0.3 is 5.11 Å². The molecule has 1 aromatic carbocycles. The highest BCUT2D eigenvalue weighted by molar-refractivity contribution is 5.48. The molecule has 1 heteroatoms. The minimum Gasteiger partial charge on any atom is -0.378 e. The van der Waals surface area contributed by atoms with Crippen LogP contribution in [0.5, 0.6) is 0 Å². The van der Waals surface area contributed by atoms with Crippen LogP contribution in [0.15, 0.2) is 18.2 Å². The van der Waals surface area contributed by atoms with Gasteiger partial charge in [0.05, 0.1) is 0 Å². The number of fused-ring (bicyclic) bond motifs is 1. The highest BCUT2D eigenvalue weighted by Gasteiger charge is 2.36. The van der Waals surface area contributed by atoms with Gasteiger partial charge in [-0.2, -0.15) is 0 Å². The second-order valence-electron chi connectivity index (χ2n) is 7.84. The predicted molar refractivity (Wildman–Crippen MR) is 84.9 cm³/mol. The van der Waals surface area contributed by atoms with Crippen LogP contribution in [0.2, 0.25) is 0 Å². The summed E-state index contributed by atoms with van der Waals surface area (Å²) in [6.07, 6.45) is 2.43. The van der Waals surface area contributed by atoms with Crippen molar-refractivity contribution in [3.8, 4) is 11.8 Å². The smallest absolute Gasteiger partial charge is 0.120 e. The van der Waals surface area contributed by atoms with E-state index in [0.29, 0.717) is 0 Å². The molecule has 0 unspecified atom stereocenters. The Kier molecular flexibility index (Phi) is 3.51. The maximum atomic E-state index is 9.73. The molecule has 108 valence electrons. The molecule has 0 spiro atoms. The Morgan fingerprint density at radius 3 is 2.10 bits per heavy atom. The van der Waals surface area contributed by atoms with Crippen molar-refractivity contribution < 1.29 is 5.11 Å². The first-order chi connectivity index (χ1) is 9.01. The highest BCUT2D eigenvalue weighted by atomic mass is 16.3. The van der Waals surface area contributed by atoms with E-state index in [1.165, 1.54) is 24.0 Å². The zero-order valence-electron chi connectivity index (χ0n) is 13.6. The SMILES string of the molecule is CC(C)(O)C#Cc1ccc2c(c1)C(C)(C)CCC2(C)C. The summed E-state index contributed by atoms with van der Waals surface area (Å²) in [7, 11) is 0. The number of hydrogen-bond donors (Lipinski definition) is 1. The molecule has 0 bridgehead atoms. The molecule has 0 aliphatic heterocycles. The molecule has 2 rings (SSSR count). The van der Waals surface area contributed by atoms with Crippen LogP contribution in [0.4, 0.5) is 0 Å². The van der Waals surface area contributed by atoms with Crippen molar-refractivity contribution in [1.29, 1.82) is 0 Å². The van der Waals surface area contributed by atoms with Gasteiger partial charge in [0.25, 0.3) is 0 Å². The second-order valence-corrected chi connectivity index (χ2v) is 7.84. The summed E-state index contributed by atoms with van der Waals surface area (Å²) in [5, 5.41) is 9.73. The minimum absolute atomic E-state index is 0.206. The molecule has 0 fully saturated rings. The van der Waals surface area contributed by atoms with Crippen molar-refractivity contribution in [2.24, 2.45) is 0 Å². The van der Waals surface area contributed by atoms with Gasteiger partial charge in [-0.25, -0.2) is 0 Å². The van der Waals surface area contributed by atoms with Crippen LogP contribution in [-0.4, -0.2) is 10.7 Å². The van der Waals surface area contributed by atoms with Crippen LogP contribution in [0, 0.1) is 11.8 Å². The fourth-order valence-corrected chi connectivity index (χ4v) is 2.89. The van der Waals surface area contributed by atoms with E-state index >= 15 is 0 Å². The van der Waals surface area contributed by atoms with Crippen molar-refractivity contribution >= 4 is 0 Å². The van der Waals surface area contributed by atoms with Crippen LogP contribution in [0.25, 0.3) is 0 Å². The summed E-state index contributed by atoms with van der Waals surface area (Å²) in [6, 6.07) is 6.53. The Morgan fingerprint density at radius 1 is 1.00 bits per heavy atom. The van der Waals surface area contributed by atoms with Crippen molar-refractivity contribution in [3.05, 3.63) is 34.9 Å². The fourth-order valence-electron chi connectivity index (χ4n) is 2.89. The Balaban J connectivity index is 2.51. The Morgan fingerprint density at radius 2 is 1.55 bits per heavy atom. The van der Waals surface area contributed by atoms with Gasteiger partial charge >= 0.3 is 0 Å². The first-order valence-corrected chi connectivity index (χ1v) is 7.42. The maximum Gasteiger partial charge on any atom is 0.120 e. The summed E-state index contributed by atoms with van der Waals surface area (Å²) in [4.78, 5) is 0. The lowest BCUT2D eigenvalue weighted by atomic mass is 9.63.